The molecule has 2 atom stereocenters. The van der Waals surface area contributed by atoms with Crippen molar-refractivity contribution in [1.29, 1.82) is 0 Å². The van der Waals surface area contributed by atoms with Crippen LogP contribution in [0.25, 0.3) is 11.4 Å². The van der Waals surface area contributed by atoms with Gasteiger partial charge in [0.05, 0.1) is 23.4 Å². The van der Waals surface area contributed by atoms with Gasteiger partial charge in [-0.15, -0.1) is 0 Å². The number of aliphatic hydroxyl groups excluding tert-OH is 1. The predicted molar refractivity (Wildman–Crippen MR) is 96.5 cm³/mol. The lowest BCUT2D eigenvalue weighted by Gasteiger charge is -2.12. The second-order valence-corrected chi connectivity index (χ2v) is 7.17. The maximum atomic E-state index is 10.4. The van der Waals surface area contributed by atoms with Crippen LogP contribution in [0.5, 0.6) is 0 Å². The minimum Gasteiger partial charge on any atom is -0.391 e. The van der Waals surface area contributed by atoms with Gasteiger partial charge < -0.3 is 9.63 Å². The van der Waals surface area contributed by atoms with Gasteiger partial charge >= 0.3 is 0 Å². The van der Waals surface area contributed by atoms with Gasteiger partial charge in [0.2, 0.25) is 11.7 Å². The molecule has 0 spiro atoms. The zero-order valence-electron chi connectivity index (χ0n) is 14.4. The van der Waals surface area contributed by atoms with Crippen molar-refractivity contribution in [3.63, 3.8) is 0 Å². The van der Waals surface area contributed by atoms with Crippen molar-refractivity contribution in [1.82, 2.24) is 25.2 Å². The van der Waals surface area contributed by atoms with Crippen molar-refractivity contribution < 1.29 is 9.63 Å². The van der Waals surface area contributed by atoms with Crippen molar-refractivity contribution in [2.45, 2.75) is 26.0 Å². The number of H-pyrrole nitrogens is 1. The first-order chi connectivity index (χ1) is 12.6. The number of rotatable bonds is 5. The Labute approximate surface area is 156 Å². The Morgan fingerprint density at radius 1 is 1.35 bits per heavy atom. The van der Waals surface area contributed by atoms with Gasteiger partial charge in [-0.25, -0.2) is 0 Å². The van der Waals surface area contributed by atoms with E-state index in [2.05, 4.69) is 25.2 Å². The van der Waals surface area contributed by atoms with Gasteiger partial charge in [0.1, 0.15) is 0 Å². The minimum atomic E-state index is -0.391. The average molecular weight is 374 g/mol. The molecule has 3 heterocycles. The van der Waals surface area contributed by atoms with E-state index in [1.54, 1.807) is 6.07 Å². The summed E-state index contributed by atoms with van der Waals surface area (Å²) in [6.45, 7) is 3.82. The van der Waals surface area contributed by atoms with E-state index < -0.39 is 6.10 Å². The molecule has 26 heavy (non-hydrogen) atoms. The Bertz CT molecular complexity index is 893. The SMILES string of the molecule is Cc1cc(C[C@@H]2CN(Cc3nc(-c4ccccc4Cl)no3)C[C@@H]2O)n[nH]1. The molecule has 1 aliphatic heterocycles. The first-order valence-corrected chi connectivity index (χ1v) is 8.95. The number of hydrogen-bond donors (Lipinski definition) is 2. The summed E-state index contributed by atoms with van der Waals surface area (Å²) in [5.41, 5.74) is 2.76. The van der Waals surface area contributed by atoms with Crippen LogP contribution in [0.4, 0.5) is 0 Å². The molecule has 1 aromatic carbocycles. The number of benzene rings is 1. The zero-order valence-corrected chi connectivity index (χ0v) is 15.1. The van der Waals surface area contributed by atoms with Crippen LogP contribution < -0.4 is 0 Å². The molecule has 0 bridgehead atoms. The average Bonchev–Trinajstić information content (AvgIpc) is 3.31. The fourth-order valence-electron chi connectivity index (χ4n) is 3.38. The van der Waals surface area contributed by atoms with Gasteiger partial charge in [-0.05, 0) is 31.5 Å². The number of likely N-dealkylation sites (tertiary alicyclic amines) is 1. The Balaban J connectivity index is 1.40. The maximum Gasteiger partial charge on any atom is 0.241 e. The van der Waals surface area contributed by atoms with Crippen LogP contribution >= 0.6 is 11.6 Å². The number of aromatic amines is 1. The summed E-state index contributed by atoms with van der Waals surface area (Å²) in [5.74, 6) is 1.14. The smallest absolute Gasteiger partial charge is 0.241 e. The van der Waals surface area contributed by atoms with Gasteiger partial charge in [-0.2, -0.15) is 10.1 Å². The number of aryl methyl sites for hydroxylation is 1. The van der Waals surface area contributed by atoms with E-state index in [0.717, 1.165) is 29.9 Å². The highest BCUT2D eigenvalue weighted by Crippen LogP contribution is 2.26. The third-order valence-corrected chi connectivity index (χ3v) is 4.98. The van der Waals surface area contributed by atoms with E-state index in [0.29, 0.717) is 29.8 Å². The maximum absolute atomic E-state index is 10.4. The molecule has 0 unspecified atom stereocenters. The van der Waals surface area contributed by atoms with Gasteiger partial charge in [0.25, 0.3) is 0 Å². The Kier molecular flexibility index (Phi) is 4.76. The first-order valence-electron chi connectivity index (χ1n) is 8.57. The number of β-amino-alcohol motifs (C(OH)–C–C–N with tert-alkyl or cyclic N) is 1. The van der Waals surface area contributed by atoms with Crippen LogP contribution in [0.3, 0.4) is 0 Å². The van der Waals surface area contributed by atoms with Crippen molar-refractivity contribution in [2.24, 2.45) is 5.92 Å². The van der Waals surface area contributed by atoms with Crippen molar-refractivity contribution >= 4 is 11.6 Å². The second kappa shape index (κ2) is 7.19. The molecule has 3 aromatic rings. The molecule has 2 N–H and O–H groups in total. The van der Waals surface area contributed by atoms with E-state index >= 15 is 0 Å². The zero-order chi connectivity index (χ0) is 18.1. The summed E-state index contributed by atoms with van der Waals surface area (Å²) in [7, 11) is 0. The largest absolute Gasteiger partial charge is 0.391 e. The quantitative estimate of drug-likeness (QED) is 0.713. The topological polar surface area (TPSA) is 91.1 Å². The van der Waals surface area contributed by atoms with Crippen LogP contribution in [-0.4, -0.2) is 49.5 Å². The molecule has 136 valence electrons. The van der Waals surface area contributed by atoms with Crippen molar-refractivity contribution in [3.05, 3.63) is 52.6 Å². The van der Waals surface area contributed by atoms with Gasteiger partial charge in [-0.3, -0.25) is 10.00 Å². The number of aliphatic hydroxyl groups is 1. The number of hydrogen-bond acceptors (Lipinski definition) is 6. The summed E-state index contributed by atoms with van der Waals surface area (Å²) >= 11 is 6.18. The van der Waals surface area contributed by atoms with Crippen molar-refractivity contribution in [3.8, 4) is 11.4 Å². The molecule has 1 fully saturated rings. The highest BCUT2D eigenvalue weighted by atomic mass is 35.5. The van der Waals surface area contributed by atoms with Crippen molar-refractivity contribution in [2.75, 3.05) is 13.1 Å². The molecule has 4 rings (SSSR count). The Hall–Kier alpha value is -2.22. The lowest BCUT2D eigenvalue weighted by molar-refractivity contribution is 0.139. The molecule has 2 aromatic heterocycles. The third kappa shape index (κ3) is 3.65. The van der Waals surface area contributed by atoms with Gasteiger partial charge in [0.15, 0.2) is 0 Å². The van der Waals surface area contributed by atoms with E-state index in [9.17, 15) is 5.11 Å². The fourth-order valence-corrected chi connectivity index (χ4v) is 3.60. The lowest BCUT2D eigenvalue weighted by atomic mass is 10.0. The van der Waals surface area contributed by atoms with Crippen LogP contribution in [0, 0.1) is 12.8 Å². The highest BCUT2D eigenvalue weighted by molar-refractivity contribution is 6.33. The minimum absolute atomic E-state index is 0.142. The van der Waals surface area contributed by atoms with E-state index in [1.807, 2.05) is 31.2 Å². The molecule has 7 nitrogen and oxygen atoms in total. The Morgan fingerprint density at radius 3 is 2.96 bits per heavy atom. The first kappa shape index (κ1) is 17.2. The number of aromatic nitrogens is 4. The standard InChI is InChI=1S/C18H20ClN5O2/c1-11-6-13(22-21-11)7-12-8-24(9-16(12)25)10-17-20-18(23-26-17)14-4-2-3-5-15(14)19/h2-6,12,16,25H,7-10H2,1H3,(H,21,22)/t12-,16+/m1/s1. The molecule has 0 saturated carbocycles. The normalized spacial score (nSPS) is 20.7. The summed E-state index contributed by atoms with van der Waals surface area (Å²) < 4.78 is 5.37. The van der Waals surface area contributed by atoms with Crippen LogP contribution in [0.1, 0.15) is 17.3 Å². The van der Waals surface area contributed by atoms with Crippen LogP contribution in [0.2, 0.25) is 5.02 Å². The fraction of sp³-hybridized carbons (Fsp3) is 0.389. The molecule has 0 aliphatic carbocycles. The second-order valence-electron chi connectivity index (χ2n) is 6.76. The lowest BCUT2D eigenvalue weighted by Crippen LogP contribution is -2.21. The molecule has 8 heteroatoms. The number of halogens is 1. The summed E-state index contributed by atoms with van der Waals surface area (Å²) in [4.78, 5) is 6.56. The van der Waals surface area contributed by atoms with Crippen LogP contribution in [0.15, 0.2) is 34.9 Å². The van der Waals surface area contributed by atoms with E-state index in [4.69, 9.17) is 16.1 Å². The summed E-state index contributed by atoms with van der Waals surface area (Å²) in [6, 6.07) is 9.42. The number of nitrogens with zero attached hydrogens (tertiary/aromatic N) is 4. The van der Waals surface area contributed by atoms with Gasteiger partial charge in [0, 0.05) is 30.3 Å². The summed E-state index contributed by atoms with van der Waals surface area (Å²) in [6.07, 6.45) is 0.356. The molecule has 0 amide bonds. The highest BCUT2D eigenvalue weighted by Gasteiger charge is 2.32. The predicted octanol–water partition coefficient (Wildman–Crippen LogP) is 2.46. The molecular formula is C18H20ClN5O2. The molecule has 1 saturated heterocycles. The monoisotopic (exact) mass is 373 g/mol. The summed E-state index contributed by atoms with van der Waals surface area (Å²) in [5, 5.41) is 22.2. The molecule has 0 radical (unpaired) electrons. The molecular weight excluding hydrogens is 354 g/mol. The number of nitrogens with one attached hydrogen (secondary N) is 1. The van der Waals surface area contributed by atoms with Gasteiger partial charge in [-0.1, -0.05) is 28.9 Å². The molecule has 1 aliphatic rings. The Morgan fingerprint density at radius 2 is 2.19 bits per heavy atom. The third-order valence-electron chi connectivity index (χ3n) is 4.65. The van der Waals surface area contributed by atoms with E-state index in [-0.39, 0.29) is 5.92 Å². The van der Waals surface area contributed by atoms with E-state index in [1.165, 1.54) is 0 Å². The van der Waals surface area contributed by atoms with Crippen LogP contribution in [-0.2, 0) is 13.0 Å².